The molecule has 1 aliphatic heterocycles. The van der Waals surface area contributed by atoms with Gasteiger partial charge in [-0.1, -0.05) is 30.3 Å². The Bertz CT molecular complexity index is 1260. The van der Waals surface area contributed by atoms with Crippen LogP contribution in [0.3, 0.4) is 0 Å². The van der Waals surface area contributed by atoms with E-state index in [1.165, 1.54) is 0 Å². The Morgan fingerprint density at radius 1 is 0.484 bits per heavy atom. The largest absolute Gasteiger partial charge is 0.310 e. The number of para-hydroxylation sites is 1. The molecule has 0 N–H and O–H groups in total. The van der Waals surface area contributed by atoms with E-state index in [0.717, 1.165) is 52.7 Å². The van der Waals surface area contributed by atoms with E-state index in [2.05, 4.69) is 89.8 Å². The molecule has 0 saturated heterocycles. The number of nitrogens with zero attached hydrogens (tertiary/aromatic N) is 5. The first-order valence-electron chi connectivity index (χ1n) is 10.5. The predicted molar refractivity (Wildman–Crippen MR) is 123 cm³/mol. The molecule has 8 bridgehead atoms. The summed E-state index contributed by atoms with van der Waals surface area (Å²) in [5.74, 6) is 0. The Hall–Kier alpha value is -4.12. The summed E-state index contributed by atoms with van der Waals surface area (Å²) in [4.78, 5) is 2.27. The van der Waals surface area contributed by atoms with Crippen molar-refractivity contribution < 1.29 is 0 Å². The fraction of sp³-hybridized carbons (Fsp3) is 0.0769. The molecule has 0 atom stereocenters. The Morgan fingerprint density at radius 3 is 1.52 bits per heavy atom. The van der Waals surface area contributed by atoms with Gasteiger partial charge in [0, 0.05) is 29.5 Å². The SMILES string of the molecule is c1ccc(N2c3cccc(c3)-n3ccc(n3)CCc3ccn(n3)-c3cccc2c3)cc1. The number of hydrogen-bond acceptors (Lipinski definition) is 3. The number of anilines is 3. The average molecular weight is 403 g/mol. The molecule has 150 valence electrons. The van der Waals surface area contributed by atoms with Gasteiger partial charge in [0.25, 0.3) is 0 Å². The average Bonchev–Trinajstić information content (AvgIpc) is 3.49. The minimum Gasteiger partial charge on any atom is -0.310 e. The van der Waals surface area contributed by atoms with Gasteiger partial charge in [0.2, 0.25) is 0 Å². The number of hydrogen-bond donors (Lipinski definition) is 0. The van der Waals surface area contributed by atoms with Gasteiger partial charge in [-0.3, -0.25) is 0 Å². The van der Waals surface area contributed by atoms with Gasteiger partial charge in [0.05, 0.1) is 22.8 Å². The van der Waals surface area contributed by atoms with Gasteiger partial charge in [-0.2, -0.15) is 10.2 Å². The van der Waals surface area contributed by atoms with Gasteiger partial charge in [-0.15, -0.1) is 0 Å². The fourth-order valence-corrected chi connectivity index (χ4v) is 4.11. The van der Waals surface area contributed by atoms with Crippen LogP contribution in [0.15, 0.2) is 103 Å². The van der Waals surface area contributed by atoms with Gasteiger partial charge in [-0.05, 0) is 73.5 Å². The zero-order chi connectivity index (χ0) is 20.6. The quantitative estimate of drug-likeness (QED) is 0.364. The highest BCUT2D eigenvalue weighted by molar-refractivity contribution is 5.78. The van der Waals surface area contributed by atoms with Crippen molar-refractivity contribution in [2.24, 2.45) is 0 Å². The van der Waals surface area contributed by atoms with Crippen LogP contribution < -0.4 is 4.90 Å². The normalized spacial score (nSPS) is 12.8. The Kier molecular flexibility index (Phi) is 4.17. The molecule has 2 aromatic heterocycles. The maximum Gasteiger partial charge on any atom is 0.0666 e. The maximum atomic E-state index is 4.81. The van der Waals surface area contributed by atoms with Crippen LogP contribution in [0.25, 0.3) is 11.4 Å². The van der Waals surface area contributed by atoms with Crippen LogP contribution in [0, 0.1) is 0 Å². The lowest BCUT2D eigenvalue weighted by Gasteiger charge is -2.26. The Balaban J connectivity index is 1.59. The Morgan fingerprint density at radius 2 is 0.968 bits per heavy atom. The molecule has 0 unspecified atom stereocenters. The van der Waals surface area contributed by atoms with Gasteiger partial charge >= 0.3 is 0 Å². The van der Waals surface area contributed by atoms with Crippen molar-refractivity contribution in [2.75, 3.05) is 4.90 Å². The third-order valence-electron chi connectivity index (χ3n) is 5.65. The van der Waals surface area contributed by atoms with E-state index in [0.29, 0.717) is 0 Å². The van der Waals surface area contributed by atoms with E-state index in [-0.39, 0.29) is 0 Å². The van der Waals surface area contributed by atoms with Crippen LogP contribution in [0.2, 0.25) is 0 Å². The molecule has 0 aliphatic carbocycles. The monoisotopic (exact) mass is 403 g/mol. The van der Waals surface area contributed by atoms with Crippen molar-refractivity contribution >= 4 is 17.1 Å². The second kappa shape index (κ2) is 7.29. The summed E-state index contributed by atoms with van der Waals surface area (Å²) in [6.45, 7) is 0. The van der Waals surface area contributed by atoms with E-state index in [1.807, 2.05) is 27.8 Å². The molecule has 0 saturated carbocycles. The van der Waals surface area contributed by atoms with Crippen molar-refractivity contribution in [1.29, 1.82) is 0 Å². The molecular formula is C26H21N5. The van der Waals surface area contributed by atoms with E-state index in [9.17, 15) is 0 Å². The highest BCUT2D eigenvalue weighted by Gasteiger charge is 2.15. The third kappa shape index (κ3) is 3.30. The molecule has 0 radical (unpaired) electrons. The van der Waals surface area contributed by atoms with E-state index in [4.69, 9.17) is 10.2 Å². The molecule has 1 aliphatic rings. The van der Waals surface area contributed by atoms with Crippen LogP contribution in [-0.4, -0.2) is 19.6 Å². The minimum atomic E-state index is 0.861. The summed E-state index contributed by atoms with van der Waals surface area (Å²) in [5, 5.41) is 9.61. The molecule has 3 heterocycles. The topological polar surface area (TPSA) is 38.9 Å². The van der Waals surface area contributed by atoms with Gasteiger partial charge in [0.1, 0.15) is 0 Å². The Labute approximate surface area is 180 Å². The summed E-state index contributed by atoms with van der Waals surface area (Å²) >= 11 is 0. The lowest BCUT2D eigenvalue weighted by atomic mass is 10.1. The van der Waals surface area contributed by atoms with Crippen molar-refractivity contribution in [2.45, 2.75) is 12.8 Å². The first-order chi connectivity index (χ1) is 15.3. The zero-order valence-electron chi connectivity index (χ0n) is 17.0. The molecule has 3 aromatic carbocycles. The van der Waals surface area contributed by atoms with Gasteiger partial charge < -0.3 is 4.90 Å². The molecule has 0 amide bonds. The lowest BCUT2D eigenvalue weighted by Crippen LogP contribution is -2.11. The number of aromatic nitrogens is 4. The van der Waals surface area contributed by atoms with Gasteiger partial charge in [0.15, 0.2) is 0 Å². The number of rotatable bonds is 1. The number of aryl methyl sites for hydroxylation is 2. The molecule has 5 heteroatoms. The summed E-state index contributed by atoms with van der Waals surface area (Å²) in [6, 6.07) is 31.6. The predicted octanol–water partition coefficient (Wildman–Crippen LogP) is 5.63. The first-order valence-corrected chi connectivity index (χ1v) is 10.5. The van der Waals surface area contributed by atoms with Crippen molar-refractivity contribution in [1.82, 2.24) is 19.6 Å². The summed E-state index contributed by atoms with van der Waals surface area (Å²) in [7, 11) is 0. The smallest absolute Gasteiger partial charge is 0.0666 e. The van der Waals surface area contributed by atoms with Crippen LogP contribution in [0.1, 0.15) is 11.4 Å². The summed E-state index contributed by atoms with van der Waals surface area (Å²) in [6.07, 6.45) is 5.79. The maximum absolute atomic E-state index is 4.81. The van der Waals surface area contributed by atoms with Crippen LogP contribution >= 0.6 is 0 Å². The highest BCUT2D eigenvalue weighted by atomic mass is 15.3. The van der Waals surface area contributed by atoms with Crippen LogP contribution in [-0.2, 0) is 12.8 Å². The van der Waals surface area contributed by atoms with Crippen LogP contribution in [0.5, 0.6) is 0 Å². The first kappa shape index (κ1) is 17.7. The third-order valence-corrected chi connectivity index (χ3v) is 5.65. The number of fused-ring (bicyclic) bond motifs is 10. The molecule has 6 rings (SSSR count). The fourth-order valence-electron chi connectivity index (χ4n) is 4.11. The molecule has 0 fully saturated rings. The lowest BCUT2D eigenvalue weighted by molar-refractivity contribution is 0.786. The summed E-state index contributed by atoms with van der Waals surface area (Å²) in [5.41, 5.74) is 7.47. The van der Waals surface area contributed by atoms with Crippen LogP contribution in [0.4, 0.5) is 17.1 Å². The minimum absolute atomic E-state index is 0.861. The molecule has 5 nitrogen and oxygen atoms in total. The molecule has 0 spiro atoms. The zero-order valence-corrected chi connectivity index (χ0v) is 17.0. The molecule has 31 heavy (non-hydrogen) atoms. The molecular weight excluding hydrogens is 382 g/mol. The van der Waals surface area contributed by atoms with Crippen molar-refractivity contribution in [3.05, 3.63) is 115 Å². The van der Waals surface area contributed by atoms with E-state index >= 15 is 0 Å². The van der Waals surface area contributed by atoms with E-state index in [1.54, 1.807) is 0 Å². The summed E-state index contributed by atoms with van der Waals surface area (Å²) < 4.78 is 3.91. The van der Waals surface area contributed by atoms with Gasteiger partial charge in [-0.25, -0.2) is 9.36 Å². The number of benzene rings is 3. The van der Waals surface area contributed by atoms with Crippen molar-refractivity contribution in [3.63, 3.8) is 0 Å². The second-order valence-corrected chi connectivity index (χ2v) is 7.71. The van der Waals surface area contributed by atoms with Crippen molar-refractivity contribution in [3.8, 4) is 11.4 Å². The second-order valence-electron chi connectivity index (χ2n) is 7.71. The standard InChI is InChI=1S/C26H21N5/c1-2-6-22(7-3-1)31-25-10-4-8-23(18-25)29-16-14-20(27-29)12-13-21-15-17-30(28-21)24-9-5-11-26(31)19-24/h1-11,14-19H,12-13H2. The van der Waals surface area contributed by atoms with E-state index < -0.39 is 0 Å². The highest BCUT2D eigenvalue weighted by Crippen LogP contribution is 2.36. The molecule has 5 aromatic rings.